The Kier molecular flexibility index (Phi) is 4.22. The van der Waals surface area contributed by atoms with Gasteiger partial charge in [-0.05, 0) is 38.5 Å². The van der Waals surface area contributed by atoms with Gasteiger partial charge in [-0.2, -0.15) is 0 Å². The highest BCUT2D eigenvalue weighted by Gasteiger charge is 2.25. The van der Waals surface area contributed by atoms with Gasteiger partial charge in [0, 0.05) is 0 Å². The van der Waals surface area contributed by atoms with E-state index in [4.69, 9.17) is 4.42 Å². The van der Waals surface area contributed by atoms with E-state index in [1.165, 1.54) is 0 Å². The highest BCUT2D eigenvalue weighted by Crippen LogP contribution is 2.24. The molecule has 0 aliphatic carbocycles. The average Bonchev–Trinajstić information content (AvgIpc) is 2.89. The summed E-state index contributed by atoms with van der Waals surface area (Å²) in [4.78, 5) is 0. The Bertz CT molecular complexity index is 529. The van der Waals surface area contributed by atoms with Gasteiger partial charge in [0.05, 0.1) is 22.0 Å². The van der Waals surface area contributed by atoms with Crippen LogP contribution in [0.2, 0.25) is 0 Å². The summed E-state index contributed by atoms with van der Waals surface area (Å²) in [6.07, 6.45) is 1.63. The molecular weight excluding hydrogens is 258 g/mol. The van der Waals surface area contributed by atoms with Gasteiger partial charge in [-0.25, -0.2) is 8.93 Å². The van der Waals surface area contributed by atoms with Crippen LogP contribution in [0.1, 0.15) is 38.1 Å². The zero-order valence-corrected chi connectivity index (χ0v) is 12.2. The van der Waals surface area contributed by atoms with Crippen LogP contribution >= 0.6 is 0 Å². The van der Waals surface area contributed by atoms with Crippen molar-refractivity contribution >= 4 is 11.0 Å². The molecule has 19 heavy (non-hydrogen) atoms. The molecule has 4 heteroatoms. The smallest absolute Gasteiger partial charge is 0.126 e. The second-order valence-corrected chi connectivity index (χ2v) is 7.36. The Morgan fingerprint density at radius 1 is 1.11 bits per heavy atom. The summed E-state index contributed by atoms with van der Waals surface area (Å²) in [6, 6.07) is 13.4. The first-order chi connectivity index (χ1) is 8.98. The van der Waals surface area contributed by atoms with Gasteiger partial charge in [0.15, 0.2) is 0 Å². The maximum atomic E-state index is 12.3. The highest BCUT2D eigenvalue weighted by atomic mass is 32.2. The lowest BCUT2D eigenvalue weighted by molar-refractivity contribution is 0.476. The Hall–Kier alpha value is -1.39. The lowest BCUT2D eigenvalue weighted by atomic mass is 10.1. The highest BCUT2D eigenvalue weighted by molar-refractivity contribution is 7.84. The topological polar surface area (TPSA) is 42.2 Å². The van der Waals surface area contributed by atoms with Gasteiger partial charge in [0.25, 0.3) is 0 Å². The van der Waals surface area contributed by atoms with Crippen LogP contribution in [-0.4, -0.2) is 8.96 Å². The van der Waals surface area contributed by atoms with Gasteiger partial charge in [0.2, 0.25) is 0 Å². The molecule has 0 amide bonds. The Labute approximate surface area is 116 Å². The van der Waals surface area contributed by atoms with Crippen molar-refractivity contribution in [2.45, 2.75) is 31.6 Å². The number of hydrogen-bond acceptors (Lipinski definition) is 2. The van der Waals surface area contributed by atoms with Crippen molar-refractivity contribution in [3.63, 3.8) is 0 Å². The fourth-order valence-electron chi connectivity index (χ4n) is 1.68. The van der Waals surface area contributed by atoms with Gasteiger partial charge in [-0.1, -0.05) is 30.3 Å². The van der Waals surface area contributed by atoms with Gasteiger partial charge in [-0.3, -0.25) is 0 Å². The predicted molar refractivity (Wildman–Crippen MR) is 78.0 cm³/mol. The zero-order valence-electron chi connectivity index (χ0n) is 11.4. The second-order valence-electron chi connectivity index (χ2n) is 5.36. The fourth-order valence-corrected chi connectivity index (χ4v) is 2.50. The summed E-state index contributed by atoms with van der Waals surface area (Å²) < 4.78 is 20.6. The van der Waals surface area contributed by atoms with E-state index in [1.54, 1.807) is 6.26 Å². The van der Waals surface area contributed by atoms with Crippen LogP contribution in [0.15, 0.2) is 53.1 Å². The SMILES string of the molecule is CC(C)(C)S(=O)N[C@H](c1ccccc1)c1ccco1. The van der Waals surface area contributed by atoms with Crippen molar-refractivity contribution in [2.75, 3.05) is 0 Å². The van der Waals surface area contributed by atoms with Gasteiger partial charge >= 0.3 is 0 Å². The third kappa shape index (κ3) is 3.55. The molecule has 2 atom stereocenters. The summed E-state index contributed by atoms with van der Waals surface area (Å²) in [5, 5.41) is 0. The molecule has 0 spiro atoms. The number of furan rings is 1. The predicted octanol–water partition coefficient (Wildman–Crippen LogP) is 3.42. The minimum Gasteiger partial charge on any atom is -0.467 e. The molecule has 102 valence electrons. The number of rotatable bonds is 4. The Morgan fingerprint density at radius 2 is 1.79 bits per heavy atom. The van der Waals surface area contributed by atoms with E-state index in [-0.39, 0.29) is 10.8 Å². The first-order valence-electron chi connectivity index (χ1n) is 6.25. The molecule has 0 saturated carbocycles. The minimum absolute atomic E-state index is 0.198. The second kappa shape index (κ2) is 5.72. The minimum atomic E-state index is -1.16. The number of hydrogen-bond donors (Lipinski definition) is 1. The van der Waals surface area contributed by atoms with Crippen molar-refractivity contribution in [3.8, 4) is 0 Å². The molecule has 1 aromatic heterocycles. The third-order valence-corrected chi connectivity index (χ3v) is 4.30. The Morgan fingerprint density at radius 3 is 2.32 bits per heavy atom. The molecule has 1 unspecified atom stereocenters. The van der Waals surface area contributed by atoms with Crippen molar-refractivity contribution < 1.29 is 8.63 Å². The fraction of sp³-hybridized carbons (Fsp3) is 0.333. The zero-order chi connectivity index (χ0) is 13.9. The summed E-state index contributed by atoms with van der Waals surface area (Å²) in [7, 11) is -1.16. The normalized spacial score (nSPS) is 15.1. The number of benzene rings is 1. The van der Waals surface area contributed by atoms with E-state index >= 15 is 0 Å². The quantitative estimate of drug-likeness (QED) is 0.930. The number of nitrogens with one attached hydrogen (secondary N) is 1. The van der Waals surface area contributed by atoms with Crippen LogP contribution in [0.25, 0.3) is 0 Å². The van der Waals surface area contributed by atoms with Crippen LogP contribution in [-0.2, 0) is 11.0 Å². The molecule has 1 N–H and O–H groups in total. The standard InChI is InChI=1S/C15H19NO2S/c1-15(2,3)19(17)16-14(13-10-7-11-18-13)12-8-5-4-6-9-12/h4-11,14,16H,1-3H3/t14-,19?/m1/s1. The summed E-state index contributed by atoms with van der Waals surface area (Å²) in [5.74, 6) is 0.767. The van der Waals surface area contributed by atoms with E-state index in [0.29, 0.717) is 0 Å². The van der Waals surface area contributed by atoms with Crippen molar-refractivity contribution in [1.82, 2.24) is 4.72 Å². The molecule has 0 bridgehead atoms. The summed E-state index contributed by atoms with van der Waals surface area (Å²) in [6.45, 7) is 5.83. The monoisotopic (exact) mass is 277 g/mol. The first-order valence-corrected chi connectivity index (χ1v) is 7.40. The van der Waals surface area contributed by atoms with Crippen LogP contribution in [0.4, 0.5) is 0 Å². The average molecular weight is 277 g/mol. The van der Waals surface area contributed by atoms with Crippen molar-refractivity contribution in [3.05, 3.63) is 60.1 Å². The van der Waals surface area contributed by atoms with E-state index in [1.807, 2.05) is 63.2 Å². The summed E-state index contributed by atoms with van der Waals surface area (Å²) >= 11 is 0. The van der Waals surface area contributed by atoms with Crippen LogP contribution in [0, 0.1) is 0 Å². The molecule has 1 aromatic carbocycles. The van der Waals surface area contributed by atoms with Gasteiger partial charge in [-0.15, -0.1) is 0 Å². The summed E-state index contributed by atoms with van der Waals surface area (Å²) in [5.41, 5.74) is 1.04. The molecule has 0 saturated heterocycles. The molecule has 2 rings (SSSR count). The van der Waals surface area contributed by atoms with E-state index in [2.05, 4.69) is 4.72 Å². The first kappa shape index (κ1) is 14.0. The van der Waals surface area contributed by atoms with Crippen LogP contribution in [0.5, 0.6) is 0 Å². The molecule has 0 fully saturated rings. The van der Waals surface area contributed by atoms with Crippen LogP contribution in [0.3, 0.4) is 0 Å². The molecule has 3 nitrogen and oxygen atoms in total. The largest absolute Gasteiger partial charge is 0.467 e. The molecule has 0 radical (unpaired) electrons. The van der Waals surface area contributed by atoms with Crippen molar-refractivity contribution in [1.29, 1.82) is 0 Å². The molecule has 1 heterocycles. The lowest BCUT2D eigenvalue weighted by Crippen LogP contribution is -2.36. The molecular formula is C15H19NO2S. The lowest BCUT2D eigenvalue weighted by Gasteiger charge is -2.23. The van der Waals surface area contributed by atoms with E-state index in [0.717, 1.165) is 11.3 Å². The van der Waals surface area contributed by atoms with Gasteiger partial charge < -0.3 is 4.42 Å². The van der Waals surface area contributed by atoms with E-state index in [9.17, 15) is 4.21 Å². The van der Waals surface area contributed by atoms with Crippen LogP contribution < -0.4 is 4.72 Å². The maximum Gasteiger partial charge on any atom is 0.126 e. The molecule has 0 aliphatic rings. The molecule has 0 aliphatic heterocycles. The molecule has 2 aromatic rings. The third-order valence-electron chi connectivity index (χ3n) is 2.74. The van der Waals surface area contributed by atoms with E-state index < -0.39 is 11.0 Å². The maximum absolute atomic E-state index is 12.3. The van der Waals surface area contributed by atoms with Gasteiger partial charge in [0.1, 0.15) is 11.8 Å². The Balaban J connectivity index is 2.29. The van der Waals surface area contributed by atoms with Crippen molar-refractivity contribution in [2.24, 2.45) is 0 Å².